The Bertz CT molecular complexity index is 833. The van der Waals surface area contributed by atoms with Crippen molar-refractivity contribution in [2.75, 3.05) is 6.54 Å². The number of carbonyl (C=O) groups is 1. The number of para-hydroxylation sites is 1. The molecule has 1 aliphatic carbocycles. The number of fused-ring (bicyclic) bond motifs is 1. The number of aryl methyl sites for hydroxylation is 1. The molecule has 1 aromatic heterocycles. The van der Waals surface area contributed by atoms with E-state index in [0.29, 0.717) is 18.5 Å². The van der Waals surface area contributed by atoms with Crippen molar-refractivity contribution in [3.05, 3.63) is 57.9 Å². The van der Waals surface area contributed by atoms with Gasteiger partial charge >= 0.3 is 0 Å². The number of hydrogen-bond donors (Lipinski definition) is 1. The fourth-order valence-electron chi connectivity index (χ4n) is 3.33. The van der Waals surface area contributed by atoms with Gasteiger partial charge in [0.2, 0.25) is 5.43 Å². The van der Waals surface area contributed by atoms with Gasteiger partial charge in [0.15, 0.2) is 0 Å². The molecule has 1 aliphatic rings. The molecule has 24 heavy (non-hydrogen) atoms. The Hall–Kier alpha value is -2.36. The molecule has 0 spiro atoms. The van der Waals surface area contributed by atoms with Crippen molar-refractivity contribution in [3.63, 3.8) is 0 Å². The molecule has 1 amide bonds. The molecule has 0 saturated heterocycles. The Kier molecular flexibility index (Phi) is 5.14. The second-order valence-corrected chi connectivity index (χ2v) is 6.29. The van der Waals surface area contributed by atoms with Crippen molar-refractivity contribution in [2.45, 2.75) is 45.6 Å². The third-order valence-electron chi connectivity index (χ3n) is 4.69. The second kappa shape index (κ2) is 7.47. The topological polar surface area (TPSA) is 51.1 Å². The number of allylic oxidation sites excluding steroid dienone is 1. The number of carbonyl (C=O) groups excluding carboxylic acids is 1. The highest BCUT2D eigenvalue weighted by Gasteiger charge is 2.14. The molecule has 0 radical (unpaired) electrons. The lowest BCUT2D eigenvalue weighted by atomic mass is 9.97. The van der Waals surface area contributed by atoms with Crippen LogP contribution >= 0.6 is 0 Å². The molecule has 0 atom stereocenters. The summed E-state index contributed by atoms with van der Waals surface area (Å²) in [6.45, 7) is 3.31. The summed E-state index contributed by atoms with van der Waals surface area (Å²) in [6, 6.07) is 7.44. The van der Waals surface area contributed by atoms with Crippen molar-refractivity contribution < 1.29 is 4.79 Å². The first kappa shape index (κ1) is 16.5. The van der Waals surface area contributed by atoms with Gasteiger partial charge in [-0.15, -0.1) is 0 Å². The number of benzene rings is 1. The van der Waals surface area contributed by atoms with Gasteiger partial charge in [-0.05, 0) is 51.2 Å². The van der Waals surface area contributed by atoms with Crippen molar-refractivity contribution in [1.29, 1.82) is 0 Å². The molecule has 0 aliphatic heterocycles. The van der Waals surface area contributed by atoms with Gasteiger partial charge in [-0.2, -0.15) is 0 Å². The average Bonchev–Trinajstić information content (AvgIpc) is 2.63. The summed E-state index contributed by atoms with van der Waals surface area (Å²) >= 11 is 0. The summed E-state index contributed by atoms with van der Waals surface area (Å²) in [4.78, 5) is 25.1. The SMILES string of the molecule is CCn1cc(C(=O)NCCC2=CCCCC2)c(=O)c2ccccc21. The monoisotopic (exact) mass is 324 g/mol. The van der Waals surface area contributed by atoms with Crippen LogP contribution in [0.15, 0.2) is 46.9 Å². The minimum atomic E-state index is -0.274. The van der Waals surface area contributed by atoms with Crippen LogP contribution in [-0.2, 0) is 6.54 Å². The Morgan fingerprint density at radius 3 is 2.83 bits per heavy atom. The number of pyridine rings is 1. The molecule has 126 valence electrons. The van der Waals surface area contributed by atoms with Crippen LogP contribution < -0.4 is 10.7 Å². The van der Waals surface area contributed by atoms with Crippen molar-refractivity contribution >= 4 is 16.8 Å². The van der Waals surface area contributed by atoms with Gasteiger partial charge in [-0.25, -0.2) is 0 Å². The fourth-order valence-corrected chi connectivity index (χ4v) is 3.33. The fraction of sp³-hybridized carbons (Fsp3) is 0.400. The van der Waals surface area contributed by atoms with Crippen LogP contribution in [0, 0.1) is 0 Å². The minimum absolute atomic E-state index is 0.190. The largest absolute Gasteiger partial charge is 0.352 e. The number of aromatic nitrogens is 1. The lowest BCUT2D eigenvalue weighted by Crippen LogP contribution is -2.30. The van der Waals surface area contributed by atoms with Crippen LogP contribution in [0.3, 0.4) is 0 Å². The summed E-state index contributed by atoms with van der Waals surface area (Å²) in [6.07, 6.45) is 9.63. The Morgan fingerprint density at radius 1 is 1.25 bits per heavy atom. The van der Waals surface area contributed by atoms with Crippen LogP contribution in [-0.4, -0.2) is 17.0 Å². The summed E-state index contributed by atoms with van der Waals surface area (Å²) in [5.41, 5.74) is 2.33. The quantitative estimate of drug-likeness (QED) is 0.854. The second-order valence-electron chi connectivity index (χ2n) is 6.29. The number of rotatable bonds is 5. The van der Waals surface area contributed by atoms with E-state index in [1.54, 1.807) is 12.3 Å². The molecule has 4 heteroatoms. The van der Waals surface area contributed by atoms with Crippen LogP contribution in [0.2, 0.25) is 0 Å². The first-order valence-corrected chi connectivity index (χ1v) is 8.79. The van der Waals surface area contributed by atoms with E-state index in [4.69, 9.17) is 0 Å². The average molecular weight is 324 g/mol. The molecular weight excluding hydrogens is 300 g/mol. The molecule has 0 saturated carbocycles. The molecule has 3 rings (SSSR count). The van der Waals surface area contributed by atoms with Crippen LogP contribution in [0.1, 0.15) is 49.4 Å². The lowest BCUT2D eigenvalue weighted by Gasteiger charge is -2.14. The van der Waals surface area contributed by atoms with Crippen molar-refractivity contribution in [1.82, 2.24) is 9.88 Å². The van der Waals surface area contributed by atoms with E-state index in [1.165, 1.54) is 18.4 Å². The first-order valence-electron chi connectivity index (χ1n) is 8.79. The molecule has 0 unspecified atom stereocenters. The zero-order chi connectivity index (χ0) is 16.9. The van der Waals surface area contributed by atoms with Gasteiger partial charge in [0.1, 0.15) is 5.56 Å². The normalized spacial score (nSPS) is 14.5. The lowest BCUT2D eigenvalue weighted by molar-refractivity contribution is 0.0952. The van der Waals surface area contributed by atoms with E-state index in [-0.39, 0.29) is 16.9 Å². The van der Waals surface area contributed by atoms with Gasteiger partial charge in [-0.3, -0.25) is 9.59 Å². The van der Waals surface area contributed by atoms with Gasteiger partial charge in [0.05, 0.1) is 5.52 Å². The third-order valence-corrected chi connectivity index (χ3v) is 4.69. The molecule has 1 N–H and O–H groups in total. The Balaban J connectivity index is 1.78. The molecule has 1 aromatic carbocycles. The van der Waals surface area contributed by atoms with E-state index in [1.807, 2.05) is 29.7 Å². The molecule has 0 bridgehead atoms. The van der Waals surface area contributed by atoms with Crippen LogP contribution in [0.5, 0.6) is 0 Å². The highest BCUT2D eigenvalue weighted by atomic mass is 16.2. The molecule has 2 aromatic rings. The Labute approximate surface area is 142 Å². The molecular formula is C20H24N2O2. The smallest absolute Gasteiger partial charge is 0.256 e. The Morgan fingerprint density at radius 2 is 2.08 bits per heavy atom. The van der Waals surface area contributed by atoms with E-state index in [0.717, 1.165) is 24.8 Å². The number of hydrogen-bond acceptors (Lipinski definition) is 2. The predicted molar refractivity (Wildman–Crippen MR) is 97.4 cm³/mol. The predicted octanol–water partition coefficient (Wildman–Crippen LogP) is 3.64. The van der Waals surface area contributed by atoms with Gasteiger partial charge in [0.25, 0.3) is 5.91 Å². The molecule has 4 nitrogen and oxygen atoms in total. The maximum atomic E-state index is 12.6. The third kappa shape index (κ3) is 3.42. The maximum absolute atomic E-state index is 12.6. The first-order chi connectivity index (χ1) is 11.7. The van der Waals surface area contributed by atoms with Crippen molar-refractivity contribution in [2.24, 2.45) is 0 Å². The van der Waals surface area contributed by atoms with E-state index < -0.39 is 0 Å². The standard InChI is InChI=1S/C20H24N2O2/c1-2-22-14-17(19(23)16-10-6-7-11-18(16)22)20(24)21-13-12-15-8-4-3-5-9-15/h6-8,10-11,14H,2-5,9,12-13H2,1H3,(H,21,24). The van der Waals surface area contributed by atoms with Crippen LogP contribution in [0.25, 0.3) is 10.9 Å². The highest BCUT2D eigenvalue weighted by molar-refractivity contribution is 5.97. The zero-order valence-corrected chi connectivity index (χ0v) is 14.2. The van der Waals surface area contributed by atoms with E-state index in [2.05, 4.69) is 11.4 Å². The van der Waals surface area contributed by atoms with E-state index in [9.17, 15) is 9.59 Å². The summed E-state index contributed by atoms with van der Waals surface area (Å²) in [5.74, 6) is -0.274. The highest BCUT2D eigenvalue weighted by Crippen LogP contribution is 2.19. The number of amides is 1. The number of nitrogens with one attached hydrogen (secondary N) is 1. The van der Waals surface area contributed by atoms with Gasteiger partial charge in [0, 0.05) is 24.7 Å². The summed E-state index contributed by atoms with van der Waals surface area (Å²) in [5, 5.41) is 3.51. The van der Waals surface area contributed by atoms with E-state index >= 15 is 0 Å². The minimum Gasteiger partial charge on any atom is -0.352 e. The zero-order valence-electron chi connectivity index (χ0n) is 14.2. The van der Waals surface area contributed by atoms with Crippen molar-refractivity contribution in [3.8, 4) is 0 Å². The summed E-state index contributed by atoms with van der Waals surface area (Å²) in [7, 11) is 0. The number of nitrogens with zero attached hydrogens (tertiary/aromatic N) is 1. The van der Waals surface area contributed by atoms with Crippen LogP contribution in [0.4, 0.5) is 0 Å². The molecule has 0 fully saturated rings. The maximum Gasteiger partial charge on any atom is 0.256 e. The summed E-state index contributed by atoms with van der Waals surface area (Å²) < 4.78 is 1.95. The molecule has 1 heterocycles. The van der Waals surface area contributed by atoms with Gasteiger partial charge < -0.3 is 9.88 Å². The van der Waals surface area contributed by atoms with Gasteiger partial charge in [-0.1, -0.05) is 23.8 Å².